The van der Waals surface area contributed by atoms with Crippen LogP contribution in [-0.4, -0.2) is 51.2 Å². The van der Waals surface area contributed by atoms with Crippen molar-refractivity contribution in [3.63, 3.8) is 0 Å². The number of likely N-dealkylation sites (N-methyl/N-ethyl adjacent to an activating group) is 1. The topological polar surface area (TPSA) is 65.2 Å². The van der Waals surface area contributed by atoms with Crippen molar-refractivity contribution in [2.75, 3.05) is 19.6 Å². The average Bonchev–Trinajstić information content (AvgIpc) is 3.24. The minimum Gasteiger partial charge on any atom is -0.334 e. The van der Waals surface area contributed by atoms with Gasteiger partial charge in [-0.15, -0.1) is 0 Å². The zero-order valence-corrected chi connectivity index (χ0v) is 14.3. The molecule has 1 saturated heterocycles. The van der Waals surface area contributed by atoms with Gasteiger partial charge >= 0.3 is 0 Å². The van der Waals surface area contributed by atoms with Gasteiger partial charge in [-0.25, -0.2) is 4.39 Å². The molecule has 1 fully saturated rings. The third-order valence-corrected chi connectivity index (χ3v) is 4.58. The summed E-state index contributed by atoms with van der Waals surface area (Å²) in [6.07, 6.45) is 6.19. The van der Waals surface area contributed by atoms with Gasteiger partial charge in [-0.05, 0) is 25.5 Å². The van der Waals surface area contributed by atoms with Crippen molar-refractivity contribution in [2.45, 2.75) is 19.4 Å². The van der Waals surface area contributed by atoms with E-state index in [-0.39, 0.29) is 11.9 Å². The Bertz CT molecular complexity index is 825. The number of nitrogens with zero attached hydrogens (tertiary/aromatic N) is 5. The smallest absolute Gasteiger partial charge is 0.254 e. The Morgan fingerprint density at radius 2 is 2.32 bits per heavy atom. The van der Waals surface area contributed by atoms with E-state index in [1.54, 1.807) is 46.1 Å². The Balaban J connectivity index is 1.82. The summed E-state index contributed by atoms with van der Waals surface area (Å²) in [4.78, 5) is 16.2. The van der Waals surface area contributed by atoms with E-state index in [9.17, 15) is 9.18 Å². The fraction of sp³-hybridized carbons (Fsp3) is 0.389. The highest BCUT2D eigenvalue weighted by Gasteiger charge is 2.30. The van der Waals surface area contributed by atoms with E-state index in [1.807, 2.05) is 6.92 Å². The van der Waals surface area contributed by atoms with E-state index in [1.165, 1.54) is 6.07 Å². The van der Waals surface area contributed by atoms with Crippen LogP contribution in [-0.2, 0) is 7.05 Å². The van der Waals surface area contributed by atoms with E-state index in [4.69, 9.17) is 5.26 Å². The summed E-state index contributed by atoms with van der Waals surface area (Å²) in [6.45, 7) is 3.60. The Labute approximate surface area is 146 Å². The SMILES string of the molecule is CCN(C(=O)c1ccc(-c2cnn(C)c2)c(F)c1)[C@@H]1CCN(C#N)C1. The number of benzene rings is 1. The molecule has 3 rings (SSSR count). The van der Waals surface area contributed by atoms with Gasteiger partial charge in [0.05, 0.1) is 12.2 Å². The molecule has 0 aliphatic carbocycles. The van der Waals surface area contributed by atoms with Crippen LogP contribution in [0.1, 0.15) is 23.7 Å². The zero-order chi connectivity index (χ0) is 18.0. The van der Waals surface area contributed by atoms with Gasteiger partial charge in [0.2, 0.25) is 0 Å². The third kappa shape index (κ3) is 3.33. The number of hydrogen-bond acceptors (Lipinski definition) is 4. The summed E-state index contributed by atoms with van der Waals surface area (Å²) in [6, 6.07) is 4.53. The molecular formula is C18H20FN5O. The standard InChI is InChI=1S/C18H20FN5O/c1-3-24(15-6-7-23(11-15)12-20)18(25)13-4-5-16(17(19)8-13)14-9-21-22(2)10-14/h4-5,8-10,15H,3,6-7,11H2,1-2H3/t15-/m1/s1. The third-order valence-electron chi connectivity index (χ3n) is 4.58. The molecule has 0 bridgehead atoms. The number of halogens is 1. The summed E-state index contributed by atoms with van der Waals surface area (Å²) in [7, 11) is 1.77. The maximum absolute atomic E-state index is 14.5. The number of carbonyl (C=O) groups excluding carboxylic acids is 1. The lowest BCUT2D eigenvalue weighted by atomic mass is 10.0. The molecule has 0 unspecified atom stereocenters. The molecule has 1 aromatic carbocycles. The average molecular weight is 341 g/mol. The van der Waals surface area contributed by atoms with Gasteiger partial charge in [-0.3, -0.25) is 9.48 Å². The molecule has 0 spiro atoms. The molecule has 2 heterocycles. The van der Waals surface area contributed by atoms with Crippen LogP contribution < -0.4 is 0 Å². The lowest BCUT2D eigenvalue weighted by Gasteiger charge is -2.27. The summed E-state index contributed by atoms with van der Waals surface area (Å²) >= 11 is 0. The Morgan fingerprint density at radius 1 is 1.52 bits per heavy atom. The van der Waals surface area contributed by atoms with E-state index < -0.39 is 5.82 Å². The molecule has 1 amide bonds. The maximum atomic E-state index is 14.5. The summed E-state index contributed by atoms with van der Waals surface area (Å²) in [5.41, 5.74) is 1.42. The number of aryl methyl sites for hydroxylation is 1. The second-order valence-electron chi connectivity index (χ2n) is 6.18. The van der Waals surface area contributed by atoms with Crippen molar-refractivity contribution in [1.82, 2.24) is 19.6 Å². The van der Waals surface area contributed by atoms with Crippen molar-refractivity contribution in [3.05, 3.63) is 42.0 Å². The quantitative estimate of drug-likeness (QED) is 0.800. The van der Waals surface area contributed by atoms with Crippen molar-refractivity contribution in [2.24, 2.45) is 7.05 Å². The number of hydrogen-bond donors (Lipinski definition) is 0. The van der Waals surface area contributed by atoms with E-state index in [2.05, 4.69) is 11.3 Å². The lowest BCUT2D eigenvalue weighted by Crippen LogP contribution is -2.41. The molecule has 130 valence electrons. The van der Waals surface area contributed by atoms with Gasteiger partial charge in [-0.2, -0.15) is 10.4 Å². The molecule has 6 nitrogen and oxygen atoms in total. The molecule has 0 radical (unpaired) electrons. The molecule has 1 atom stereocenters. The second kappa shape index (κ2) is 6.93. The minimum absolute atomic E-state index is 0.0155. The van der Waals surface area contributed by atoms with E-state index >= 15 is 0 Å². The van der Waals surface area contributed by atoms with Gasteiger partial charge in [0, 0.05) is 49.6 Å². The molecule has 0 saturated carbocycles. The zero-order valence-electron chi connectivity index (χ0n) is 14.3. The number of amides is 1. The number of rotatable bonds is 4. The number of nitriles is 1. The predicted molar refractivity (Wildman–Crippen MR) is 90.9 cm³/mol. The van der Waals surface area contributed by atoms with Crippen LogP contribution in [0.3, 0.4) is 0 Å². The van der Waals surface area contributed by atoms with Gasteiger partial charge in [-0.1, -0.05) is 6.07 Å². The van der Waals surface area contributed by atoms with Crippen molar-refractivity contribution in [1.29, 1.82) is 5.26 Å². The highest BCUT2D eigenvalue weighted by Crippen LogP contribution is 2.24. The minimum atomic E-state index is -0.444. The largest absolute Gasteiger partial charge is 0.334 e. The molecule has 1 aliphatic rings. The van der Waals surface area contributed by atoms with Crippen LogP contribution in [0.5, 0.6) is 0 Å². The highest BCUT2D eigenvalue weighted by atomic mass is 19.1. The maximum Gasteiger partial charge on any atom is 0.254 e. The summed E-state index contributed by atoms with van der Waals surface area (Å²) in [5.74, 6) is -0.649. The van der Waals surface area contributed by atoms with Crippen LogP contribution in [0.4, 0.5) is 4.39 Å². The normalized spacial score (nSPS) is 16.7. The molecule has 7 heteroatoms. The number of carbonyl (C=O) groups is 1. The predicted octanol–water partition coefficient (Wildman–Crippen LogP) is 2.24. The second-order valence-corrected chi connectivity index (χ2v) is 6.18. The monoisotopic (exact) mass is 341 g/mol. The van der Waals surface area contributed by atoms with Gasteiger partial charge in [0.1, 0.15) is 5.82 Å². The summed E-state index contributed by atoms with van der Waals surface area (Å²) < 4.78 is 16.1. The van der Waals surface area contributed by atoms with Crippen LogP contribution in [0.15, 0.2) is 30.6 Å². The van der Waals surface area contributed by atoms with Gasteiger partial charge in [0.25, 0.3) is 5.91 Å². The van der Waals surface area contributed by atoms with Crippen molar-refractivity contribution in [3.8, 4) is 17.3 Å². The molecule has 1 aliphatic heterocycles. The first kappa shape index (κ1) is 17.0. The van der Waals surface area contributed by atoms with Crippen LogP contribution in [0, 0.1) is 17.3 Å². The van der Waals surface area contributed by atoms with Crippen molar-refractivity contribution >= 4 is 5.91 Å². The molecule has 2 aromatic rings. The van der Waals surface area contributed by atoms with Crippen LogP contribution in [0.2, 0.25) is 0 Å². The molecule has 0 N–H and O–H groups in total. The fourth-order valence-corrected chi connectivity index (χ4v) is 3.26. The first-order valence-corrected chi connectivity index (χ1v) is 8.27. The van der Waals surface area contributed by atoms with Crippen molar-refractivity contribution < 1.29 is 9.18 Å². The Morgan fingerprint density at radius 3 is 2.88 bits per heavy atom. The molecule has 1 aromatic heterocycles. The Kier molecular flexibility index (Phi) is 4.70. The highest BCUT2D eigenvalue weighted by molar-refractivity contribution is 5.95. The first-order chi connectivity index (χ1) is 12.0. The van der Waals surface area contributed by atoms with E-state index in [0.29, 0.717) is 36.3 Å². The molecular weight excluding hydrogens is 321 g/mol. The van der Waals surface area contributed by atoms with E-state index in [0.717, 1.165) is 6.42 Å². The summed E-state index contributed by atoms with van der Waals surface area (Å²) in [5, 5.41) is 13.0. The number of likely N-dealkylation sites (tertiary alicyclic amines) is 1. The van der Waals surface area contributed by atoms with Crippen LogP contribution in [0.25, 0.3) is 11.1 Å². The lowest BCUT2D eigenvalue weighted by molar-refractivity contribution is 0.0698. The van der Waals surface area contributed by atoms with Gasteiger partial charge < -0.3 is 9.80 Å². The molecule has 25 heavy (non-hydrogen) atoms. The Hall–Kier alpha value is -2.88. The van der Waals surface area contributed by atoms with Crippen LogP contribution >= 0.6 is 0 Å². The first-order valence-electron chi connectivity index (χ1n) is 8.27. The fourth-order valence-electron chi connectivity index (χ4n) is 3.26. The number of aromatic nitrogens is 2. The van der Waals surface area contributed by atoms with Gasteiger partial charge in [0.15, 0.2) is 6.19 Å².